The van der Waals surface area contributed by atoms with Gasteiger partial charge in [0.2, 0.25) is 5.91 Å². The van der Waals surface area contributed by atoms with Crippen molar-refractivity contribution >= 4 is 16.9 Å². The summed E-state index contributed by atoms with van der Waals surface area (Å²) in [4.78, 5) is 12.3. The quantitative estimate of drug-likeness (QED) is 0.256. The first kappa shape index (κ1) is 23.6. The maximum absolute atomic E-state index is 12.3. The number of rotatable bonds is 17. The number of unbranched alkanes of at least 4 members (excludes halogenated alkanes) is 15. The van der Waals surface area contributed by atoms with E-state index >= 15 is 0 Å². The second-order valence-corrected chi connectivity index (χ2v) is 8.44. The predicted molar refractivity (Wildman–Crippen MR) is 122 cm³/mol. The third-order valence-corrected chi connectivity index (χ3v) is 5.83. The van der Waals surface area contributed by atoms with Crippen LogP contribution in [0.25, 0.3) is 11.0 Å². The predicted octanol–water partition coefficient (Wildman–Crippen LogP) is 7.72. The van der Waals surface area contributed by atoms with Gasteiger partial charge in [-0.1, -0.05) is 121 Å². The first-order valence-electron chi connectivity index (χ1n) is 12.2. The van der Waals surface area contributed by atoms with Crippen LogP contribution in [0.4, 0.5) is 0 Å². The van der Waals surface area contributed by atoms with Gasteiger partial charge in [0.15, 0.2) is 0 Å². The Labute approximate surface area is 177 Å². The number of para-hydroxylation sites is 1. The van der Waals surface area contributed by atoms with Crippen LogP contribution in [0.3, 0.4) is 0 Å². The monoisotopic (exact) mass is 399 g/mol. The van der Waals surface area contributed by atoms with E-state index < -0.39 is 0 Å². The van der Waals surface area contributed by atoms with Crippen LogP contribution in [-0.2, 0) is 0 Å². The second kappa shape index (κ2) is 15.2. The van der Waals surface area contributed by atoms with E-state index in [1.54, 1.807) is 0 Å². The van der Waals surface area contributed by atoms with Crippen LogP contribution in [-0.4, -0.2) is 20.9 Å². The highest BCUT2D eigenvalue weighted by Gasteiger charge is 2.10. The van der Waals surface area contributed by atoms with Gasteiger partial charge in [-0.05, 0) is 18.6 Å². The van der Waals surface area contributed by atoms with Gasteiger partial charge in [-0.3, -0.25) is 4.79 Å². The van der Waals surface area contributed by atoms with Gasteiger partial charge in [0.05, 0.1) is 5.52 Å². The highest BCUT2D eigenvalue weighted by atomic mass is 16.2. The molecule has 29 heavy (non-hydrogen) atoms. The summed E-state index contributed by atoms with van der Waals surface area (Å²) in [5, 5.41) is 8.06. The number of fused-ring (bicyclic) bond motifs is 1. The van der Waals surface area contributed by atoms with Crippen molar-refractivity contribution < 1.29 is 4.79 Å². The topological polar surface area (TPSA) is 47.8 Å². The number of carbonyl (C=O) groups excluding carboxylic acids is 1. The fourth-order valence-electron chi connectivity index (χ4n) is 3.98. The summed E-state index contributed by atoms with van der Waals surface area (Å²) in [5.74, 6) is 0.0593. The van der Waals surface area contributed by atoms with Crippen molar-refractivity contribution in [1.29, 1.82) is 0 Å². The molecule has 0 aliphatic carbocycles. The molecule has 0 saturated carbocycles. The Hall–Kier alpha value is -1.71. The van der Waals surface area contributed by atoms with Crippen molar-refractivity contribution in [3.05, 3.63) is 24.3 Å². The van der Waals surface area contributed by atoms with E-state index in [4.69, 9.17) is 0 Å². The number of carbonyl (C=O) groups is 1. The molecule has 1 aromatic heterocycles. The van der Waals surface area contributed by atoms with Gasteiger partial charge in [-0.15, -0.1) is 5.10 Å². The van der Waals surface area contributed by atoms with Crippen molar-refractivity contribution in [1.82, 2.24) is 15.0 Å². The summed E-state index contributed by atoms with van der Waals surface area (Å²) in [5.41, 5.74) is 1.60. The Morgan fingerprint density at radius 3 is 1.76 bits per heavy atom. The molecule has 0 amide bonds. The van der Waals surface area contributed by atoms with Crippen molar-refractivity contribution in [2.24, 2.45) is 0 Å². The van der Waals surface area contributed by atoms with E-state index in [1.807, 2.05) is 24.3 Å². The Bertz CT molecular complexity index is 680. The van der Waals surface area contributed by atoms with E-state index in [0.717, 1.165) is 23.9 Å². The molecule has 0 atom stereocenters. The van der Waals surface area contributed by atoms with Gasteiger partial charge < -0.3 is 0 Å². The number of benzene rings is 1. The number of hydrogen-bond donors (Lipinski definition) is 0. The highest BCUT2D eigenvalue weighted by Crippen LogP contribution is 2.15. The third-order valence-electron chi connectivity index (χ3n) is 5.83. The molecular formula is C25H41N3O. The summed E-state index contributed by atoms with van der Waals surface area (Å²) < 4.78 is 1.46. The molecule has 0 unspecified atom stereocenters. The second-order valence-electron chi connectivity index (χ2n) is 8.44. The molecule has 0 spiro atoms. The normalized spacial score (nSPS) is 11.3. The summed E-state index contributed by atoms with van der Waals surface area (Å²) >= 11 is 0. The zero-order valence-electron chi connectivity index (χ0n) is 18.6. The lowest BCUT2D eigenvalue weighted by Crippen LogP contribution is -2.12. The molecule has 0 N–H and O–H groups in total. The summed E-state index contributed by atoms with van der Waals surface area (Å²) in [7, 11) is 0. The van der Waals surface area contributed by atoms with Gasteiger partial charge in [0.25, 0.3) is 0 Å². The lowest BCUT2D eigenvalue weighted by atomic mass is 10.0. The van der Waals surface area contributed by atoms with Crippen molar-refractivity contribution in [2.75, 3.05) is 0 Å². The Morgan fingerprint density at radius 2 is 1.21 bits per heavy atom. The molecule has 4 nitrogen and oxygen atoms in total. The number of hydrogen-bond acceptors (Lipinski definition) is 3. The van der Waals surface area contributed by atoms with Crippen LogP contribution in [0.1, 0.15) is 121 Å². The number of aromatic nitrogens is 3. The minimum atomic E-state index is 0.0593. The van der Waals surface area contributed by atoms with Crippen LogP contribution >= 0.6 is 0 Å². The Balaban J connectivity index is 1.37. The fourth-order valence-corrected chi connectivity index (χ4v) is 3.98. The van der Waals surface area contributed by atoms with Gasteiger partial charge in [-0.25, -0.2) is 0 Å². The summed E-state index contributed by atoms with van der Waals surface area (Å²) in [6.45, 7) is 2.28. The Morgan fingerprint density at radius 1 is 0.724 bits per heavy atom. The van der Waals surface area contributed by atoms with Crippen molar-refractivity contribution in [3.63, 3.8) is 0 Å². The van der Waals surface area contributed by atoms with E-state index in [2.05, 4.69) is 17.2 Å². The molecular weight excluding hydrogens is 358 g/mol. The zero-order valence-corrected chi connectivity index (χ0v) is 18.6. The average Bonchev–Trinajstić information content (AvgIpc) is 3.17. The lowest BCUT2D eigenvalue weighted by molar-refractivity contribution is 0.0886. The van der Waals surface area contributed by atoms with Gasteiger partial charge in [0.1, 0.15) is 5.52 Å². The first-order valence-corrected chi connectivity index (χ1v) is 12.2. The van der Waals surface area contributed by atoms with Crippen LogP contribution in [0.2, 0.25) is 0 Å². The molecule has 0 saturated heterocycles. The fraction of sp³-hybridized carbons (Fsp3) is 0.720. The first-order chi connectivity index (χ1) is 14.3. The highest BCUT2D eigenvalue weighted by molar-refractivity contribution is 5.88. The SMILES string of the molecule is CCCCCCCCCCCCCCCCCCC(=O)n1nnc2ccccc21. The van der Waals surface area contributed by atoms with E-state index in [0.29, 0.717) is 6.42 Å². The van der Waals surface area contributed by atoms with Crippen LogP contribution < -0.4 is 0 Å². The Kier molecular flexibility index (Phi) is 12.3. The maximum Gasteiger partial charge on any atom is 0.248 e. The largest absolute Gasteiger partial charge is 0.273 e. The molecule has 162 valence electrons. The average molecular weight is 400 g/mol. The minimum Gasteiger partial charge on any atom is -0.273 e. The molecule has 2 rings (SSSR count). The molecule has 0 aliphatic heterocycles. The van der Waals surface area contributed by atoms with Gasteiger partial charge in [0, 0.05) is 6.42 Å². The summed E-state index contributed by atoms with van der Waals surface area (Å²) in [6, 6.07) is 7.63. The minimum absolute atomic E-state index is 0.0593. The van der Waals surface area contributed by atoms with E-state index in [1.165, 1.54) is 94.6 Å². The molecule has 0 bridgehead atoms. The molecule has 1 aromatic carbocycles. The molecule has 2 aromatic rings. The van der Waals surface area contributed by atoms with Crippen molar-refractivity contribution in [3.8, 4) is 0 Å². The van der Waals surface area contributed by atoms with E-state index in [-0.39, 0.29) is 5.91 Å². The standard InChI is InChI=1S/C25H41N3O/c1-2-3-4-5-6-7-8-9-10-11-12-13-14-15-16-17-22-25(29)28-24-21-19-18-20-23(24)26-27-28/h18-21H,2-17,22H2,1H3. The molecule has 1 heterocycles. The lowest BCUT2D eigenvalue weighted by Gasteiger charge is -2.04. The smallest absolute Gasteiger partial charge is 0.248 e. The maximum atomic E-state index is 12.3. The van der Waals surface area contributed by atoms with Crippen LogP contribution in [0, 0.1) is 0 Å². The molecule has 4 heteroatoms. The molecule has 0 fully saturated rings. The summed E-state index contributed by atoms with van der Waals surface area (Å²) in [6.07, 6.45) is 22.1. The molecule has 0 aliphatic rings. The molecule has 0 radical (unpaired) electrons. The number of nitrogens with zero attached hydrogens (tertiary/aromatic N) is 3. The third kappa shape index (κ3) is 9.56. The van der Waals surface area contributed by atoms with E-state index in [9.17, 15) is 4.79 Å². The zero-order chi connectivity index (χ0) is 20.6. The van der Waals surface area contributed by atoms with Crippen molar-refractivity contribution in [2.45, 2.75) is 116 Å². The van der Waals surface area contributed by atoms with Gasteiger partial charge in [-0.2, -0.15) is 4.68 Å². The van der Waals surface area contributed by atoms with Crippen LogP contribution in [0.15, 0.2) is 24.3 Å². The van der Waals surface area contributed by atoms with Gasteiger partial charge >= 0.3 is 0 Å². The van der Waals surface area contributed by atoms with Crippen LogP contribution in [0.5, 0.6) is 0 Å².